The van der Waals surface area contributed by atoms with Gasteiger partial charge in [-0.05, 0) is 30.2 Å². The zero-order chi connectivity index (χ0) is 16.3. The molecule has 0 amide bonds. The highest BCUT2D eigenvalue weighted by atomic mass is 19.4. The molecule has 0 saturated carbocycles. The molecule has 0 aliphatic carbocycles. The van der Waals surface area contributed by atoms with Gasteiger partial charge in [-0.15, -0.1) is 0 Å². The number of rotatable bonds is 2. The minimum atomic E-state index is -4.45. The van der Waals surface area contributed by atoms with E-state index in [1.807, 2.05) is 6.07 Å². The van der Waals surface area contributed by atoms with Crippen molar-refractivity contribution in [3.63, 3.8) is 0 Å². The average Bonchev–Trinajstić information content (AvgIpc) is 2.94. The maximum Gasteiger partial charge on any atom is 0.418 e. The summed E-state index contributed by atoms with van der Waals surface area (Å²) in [5.41, 5.74) is -0.172. The number of para-hydroxylation sites is 1. The van der Waals surface area contributed by atoms with Crippen molar-refractivity contribution in [3.05, 3.63) is 59.7 Å². The van der Waals surface area contributed by atoms with Gasteiger partial charge in [0.2, 0.25) is 0 Å². The van der Waals surface area contributed by atoms with Crippen LogP contribution >= 0.6 is 0 Å². The van der Waals surface area contributed by atoms with Crippen LogP contribution in [0.1, 0.15) is 23.6 Å². The summed E-state index contributed by atoms with van der Waals surface area (Å²) in [4.78, 5) is 8.01. The lowest BCUT2D eigenvalue weighted by Crippen LogP contribution is -2.05. The summed E-state index contributed by atoms with van der Waals surface area (Å²) < 4.78 is 44.1. The number of alkyl halides is 3. The van der Waals surface area contributed by atoms with E-state index >= 15 is 0 Å². The largest absolute Gasteiger partial charge is 0.441 e. The van der Waals surface area contributed by atoms with Crippen molar-refractivity contribution in [3.8, 4) is 11.8 Å². The molecule has 0 bridgehead atoms. The Morgan fingerprint density at radius 3 is 2.70 bits per heavy atom. The number of nitrogens with zero attached hydrogens (tertiary/aromatic N) is 2. The first-order valence-corrected chi connectivity index (χ1v) is 6.89. The van der Waals surface area contributed by atoms with Crippen molar-refractivity contribution < 1.29 is 17.6 Å². The molecule has 0 atom stereocenters. The standard InChI is InChI=1S/C17H11F3N2O/c18-17(19,20)13-8-5-9-14-16(13)22-15(23-14)10-2-1-6-12-7-3-4-11-21-12/h3-5,7-9,11H,2,10H2. The van der Waals surface area contributed by atoms with Crippen LogP contribution in [0.15, 0.2) is 47.0 Å². The first-order valence-electron chi connectivity index (χ1n) is 6.89. The number of hydrogen-bond acceptors (Lipinski definition) is 3. The molecule has 116 valence electrons. The number of fused-ring (bicyclic) bond motifs is 1. The molecule has 0 aliphatic rings. The van der Waals surface area contributed by atoms with E-state index < -0.39 is 11.7 Å². The molecule has 3 aromatic rings. The number of aromatic nitrogens is 2. The molecular formula is C17H11F3N2O. The van der Waals surface area contributed by atoms with Crippen LogP contribution in [-0.4, -0.2) is 9.97 Å². The lowest BCUT2D eigenvalue weighted by molar-refractivity contribution is -0.136. The van der Waals surface area contributed by atoms with Crippen LogP contribution in [0.5, 0.6) is 0 Å². The molecule has 0 N–H and O–H groups in total. The van der Waals surface area contributed by atoms with Gasteiger partial charge in [0.25, 0.3) is 0 Å². The van der Waals surface area contributed by atoms with Gasteiger partial charge < -0.3 is 4.42 Å². The van der Waals surface area contributed by atoms with E-state index in [1.54, 1.807) is 18.3 Å². The highest BCUT2D eigenvalue weighted by Gasteiger charge is 2.34. The van der Waals surface area contributed by atoms with Gasteiger partial charge in [0.1, 0.15) is 11.2 Å². The number of oxazole rings is 1. The van der Waals surface area contributed by atoms with Gasteiger partial charge >= 0.3 is 6.18 Å². The SMILES string of the molecule is FC(F)(F)c1cccc2oc(CCC#Cc3ccccn3)nc12. The number of halogens is 3. The Bertz CT molecular complexity index is 873. The van der Waals surface area contributed by atoms with Crippen molar-refractivity contribution in [2.24, 2.45) is 0 Å². The second-order valence-electron chi connectivity index (χ2n) is 4.77. The molecule has 3 rings (SSSR count). The van der Waals surface area contributed by atoms with Crippen LogP contribution in [0.2, 0.25) is 0 Å². The van der Waals surface area contributed by atoms with Crippen LogP contribution in [0.25, 0.3) is 11.1 Å². The highest BCUT2D eigenvalue weighted by Crippen LogP contribution is 2.34. The van der Waals surface area contributed by atoms with E-state index in [0.29, 0.717) is 18.5 Å². The summed E-state index contributed by atoms with van der Waals surface area (Å²) in [6.07, 6.45) is -2.05. The maximum atomic E-state index is 12.9. The molecule has 0 saturated heterocycles. The minimum Gasteiger partial charge on any atom is -0.441 e. The molecule has 0 unspecified atom stereocenters. The fraction of sp³-hybridized carbons (Fsp3) is 0.176. The normalized spacial score (nSPS) is 11.3. The predicted molar refractivity (Wildman–Crippen MR) is 78.4 cm³/mol. The van der Waals surface area contributed by atoms with E-state index in [4.69, 9.17) is 4.42 Å². The molecule has 0 radical (unpaired) electrons. The van der Waals surface area contributed by atoms with Gasteiger partial charge in [-0.3, -0.25) is 0 Å². The molecule has 23 heavy (non-hydrogen) atoms. The third-order valence-electron chi connectivity index (χ3n) is 3.11. The first-order chi connectivity index (χ1) is 11.0. The molecule has 0 fully saturated rings. The smallest absolute Gasteiger partial charge is 0.418 e. The van der Waals surface area contributed by atoms with Gasteiger partial charge in [-0.2, -0.15) is 13.2 Å². The predicted octanol–water partition coefficient (Wildman–Crippen LogP) is 4.23. The van der Waals surface area contributed by atoms with Crippen molar-refractivity contribution in [1.29, 1.82) is 0 Å². The van der Waals surface area contributed by atoms with Crippen LogP contribution in [0.4, 0.5) is 13.2 Å². The molecule has 1 aromatic carbocycles. The zero-order valence-corrected chi connectivity index (χ0v) is 11.9. The Morgan fingerprint density at radius 2 is 1.96 bits per heavy atom. The van der Waals surface area contributed by atoms with E-state index in [2.05, 4.69) is 21.8 Å². The van der Waals surface area contributed by atoms with Crippen LogP contribution in [-0.2, 0) is 12.6 Å². The van der Waals surface area contributed by atoms with Gasteiger partial charge in [0, 0.05) is 19.0 Å². The molecule has 0 aliphatic heterocycles. The van der Waals surface area contributed by atoms with Crippen LogP contribution in [0, 0.1) is 11.8 Å². The Kier molecular flexibility index (Phi) is 4.02. The summed E-state index contributed by atoms with van der Waals surface area (Å²) in [7, 11) is 0. The molecule has 6 heteroatoms. The van der Waals surface area contributed by atoms with Crippen LogP contribution in [0.3, 0.4) is 0 Å². The third-order valence-corrected chi connectivity index (χ3v) is 3.11. The fourth-order valence-corrected chi connectivity index (χ4v) is 2.09. The number of hydrogen-bond donors (Lipinski definition) is 0. The summed E-state index contributed by atoms with van der Waals surface area (Å²) in [6.45, 7) is 0. The average molecular weight is 316 g/mol. The number of benzene rings is 1. The Hall–Kier alpha value is -2.81. The van der Waals surface area contributed by atoms with E-state index in [9.17, 15) is 13.2 Å². The zero-order valence-electron chi connectivity index (χ0n) is 11.9. The van der Waals surface area contributed by atoms with E-state index in [0.717, 1.165) is 6.07 Å². The number of pyridine rings is 1. The highest BCUT2D eigenvalue weighted by molar-refractivity contribution is 5.77. The Labute approximate surface area is 130 Å². The van der Waals surface area contributed by atoms with Crippen molar-refractivity contribution >= 4 is 11.1 Å². The van der Waals surface area contributed by atoms with Gasteiger partial charge in [0.05, 0.1) is 5.56 Å². The van der Waals surface area contributed by atoms with Crippen molar-refractivity contribution in [1.82, 2.24) is 9.97 Å². The van der Waals surface area contributed by atoms with Gasteiger partial charge in [-0.1, -0.05) is 18.1 Å². The Balaban J connectivity index is 1.76. The quantitative estimate of drug-likeness (QED) is 0.664. The lowest BCUT2D eigenvalue weighted by atomic mass is 10.2. The summed E-state index contributed by atoms with van der Waals surface area (Å²) >= 11 is 0. The second kappa shape index (κ2) is 6.13. The summed E-state index contributed by atoms with van der Waals surface area (Å²) in [5, 5.41) is 0. The Morgan fingerprint density at radius 1 is 1.09 bits per heavy atom. The second-order valence-corrected chi connectivity index (χ2v) is 4.77. The fourth-order valence-electron chi connectivity index (χ4n) is 2.09. The topological polar surface area (TPSA) is 38.9 Å². The molecule has 2 aromatic heterocycles. The van der Waals surface area contributed by atoms with Gasteiger partial charge in [-0.25, -0.2) is 9.97 Å². The monoisotopic (exact) mass is 316 g/mol. The van der Waals surface area contributed by atoms with Crippen LogP contribution < -0.4 is 0 Å². The van der Waals surface area contributed by atoms with E-state index in [1.165, 1.54) is 12.1 Å². The third kappa shape index (κ3) is 3.51. The molecule has 0 spiro atoms. The molecular weight excluding hydrogens is 305 g/mol. The molecule has 3 nitrogen and oxygen atoms in total. The maximum absolute atomic E-state index is 12.9. The minimum absolute atomic E-state index is 0.132. The van der Waals surface area contributed by atoms with Crippen molar-refractivity contribution in [2.45, 2.75) is 19.0 Å². The van der Waals surface area contributed by atoms with Gasteiger partial charge in [0.15, 0.2) is 11.5 Å². The lowest BCUT2D eigenvalue weighted by Gasteiger charge is -2.05. The van der Waals surface area contributed by atoms with Crippen molar-refractivity contribution in [2.75, 3.05) is 0 Å². The summed E-state index contributed by atoms with van der Waals surface area (Å²) in [5.74, 6) is 6.02. The first kappa shape index (κ1) is 15.1. The number of aryl methyl sites for hydroxylation is 1. The molecule has 2 heterocycles. The van der Waals surface area contributed by atoms with E-state index in [-0.39, 0.29) is 17.0 Å². The summed E-state index contributed by atoms with van der Waals surface area (Å²) in [6, 6.07) is 9.18.